The molecule has 277 valence electrons. The minimum atomic E-state index is -1.51. The molecule has 4 nitrogen and oxygen atoms in total. The molecule has 0 aliphatic carbocycles. The fourth-order valence-electron chi connectivity index (χ4n) is 6.90. The van der Waals surface area contributed by atoms with Crippen LogP contribution >= 0.6 is 0 Å². The molecule has 3 aromatic heterocycles. The second-order valence-electron chi connectivity index (χ2n) is 16.3. The van der Waals surface area contributed by atoms with E-state index in [0.717, 1.165) is 56.6 Å². The minimum Gasteiger partial charge on any atom is -0.557 e. The van der Waals surface area contributed by atoms with Crippen molar-refractivity contribution in [2.75, 3.05) is 0 Å². The van der Waals surface area contributed by atoms with Gasteiger partial charge in [-0.2, -0.15) is 0 Å². The van der Waals surface area contributed by atoms with Crippen LogP contribution in [0.25, 0.3) is 61.1 Å². The molecular weight excluding hydrogens is 855 g/mol. The molecule has 0 saturated heterocycles. The summed E-state index contributed by atoms with van der Waals surface area (Å²) in [6.45, 7) is 17.5. The van der Waals surface area contributed by atoms with E-state index < -0.39 is 19.9 Å². The van der Waals surface area contributed by atoms with Gasteiger partial charge in [0.05, 0.1) is 24.9 Å². The first kappa shape index (κ1) is 36.4. The number of imidazole rings is 1. The van der Waals surface area contributed by atoms with Gasteiger partial charge in [-0.05, 0) is 70.0 Å². The Hall–Kier alpha value is -4.61. The van der Waals surface area contributed by atoms with Gasteiger partial charge in [0, 0.05) is 46.6 Å². The summed E-state index contributed by atoms with van der Waals surface area (Å²) in [4.78, 5) is 9.66. The second-order valence-corrected chi connectivity index (χ2v) is 21.3. The van der Waals surface area contributed by atoms with Crippen LogP contribution in [0.15, 0.2) is 126 Å². The molecule has 0 N–H and O–H groups in total. The van der Waals surface area contributed by atoms with Gasteiger partial charge in [-0.1, -0.05) is 137 Å². The summed E-state index contributed by atoms with van der Waals surface area (Å²) in [5.41, 5.74) is 7.90. The fourth-order valence-corrected chi connectivity index (χ4v) is 8.49. The zero-order valence-electron chi connectivity index (χ0n) is 34.4. The second kappa shape index (κ2) is 16.0. The van der Waals surface area contributed by atoms with E-state index in [1.807, 2.05) is 81.4 Å². The Morgan fingerprint density at radius 2 is 1.59 bits per heavy atom. The Bertz CT molecular complexity index is 2620. The van der Waals surface area contributed by atoms with Crippen LogP contribution < -0.4 is 5.19 Å². The molecule has 5 aromatic carbocycles. The monoisotopic (exact) mass is 906 g/mol. The van der Waals surface area contributed by atoms with E-state index in [1.165, 1.54) is 16.1 Å². The summed E-state index contributed by atoms with van der Waals surface area (Å²) < 4.78 is 25.3. The smallest absolute Gasteiger partial charge is 0.0798 e. The van der Waals surface area contributed by atoms with Crippen LogP contribution in [0.1, 0.15) is 48.5 Å². The minimum absolute atomic E-state index is 0. The average molecular weight is 906 g/mol. The molecule has 54 heavy (non-hydrogen) atoms. The van der Waals surface area contributed by atoms with E-state index in [2.05, 4.69) is 110 Å². The first-order valence-electron chi connectivity index (χ1n) is 19.5. The maximum Gasteiger partial charge on any atom is 0.0798 e. The summed E-state index contributed by atoms with van der Waals surface area (Å²) in [6.07, 6.45) is 4.81. The van der Waals surface area contributed by atoms with Crippen molar-refractivity contribution in [1.29, 1.82) is 0 Å². The van der Waals surface area contributed by atoms with Gasteiger partial charge in [0.1, 0.15) is 0 Å². The topological polar surface area (TPSA) is 43.9 Å². The zero-order chi connectivity index (χ0) is 39.1. The largest absolute Gasteiger partial charge is 0.557 e. The third kappa shape index (κ3) is 8.68. The van der Waals surface area contributed by atoms with Crippen molar-refractivity contribution in [1.82, 2.24) is 14.5 Å². The molecule has 0 spiro atoms. The summed E-state index contributed by atoms with van der Waals surface area (Å²) in [7, 11) is -1.34. The predicted octanol–water partition coefficient (Wildman–Crippen LogP) is 12.3. The number of hydrogen-bond donors (Lipinski definition) is 0. The van der Waals surface area contributed by atoms with E-state index in [0.29, 0.717) is 17.1 Å². The molecule has 0 amide bonds. The Labute approximate surface area is 337 Å². The van der Waals surface area contributed by atoms with Crippen LogP contribution in [0.5, 0.6) is 0 Å². The number of aromatic nitrogens is 3. The molecule has 0 saturated carbocycles. The Morgan fingerprint density at radius 1 is 0.852 bits per heavy atom. The fraction of sp³-hybridized carbons (Fsp3) is 0.250. The van der Waals surface area contributed by atoms with Crippen LogP contribution in [0.3, 0.4) is 0 Å². The Kier molecular flexibility index (Phi) is 10.8. The van der Waals surface area contributed by atoms with Gasteiger partial charge in [-0.15, -0.1) is 42.0 Å². The first-order valence-corrected chi connectivity index (χ1v) is 22.0. The van der Waals surface area contributed by atoms with Gasteiger partial charge in [0.2, 0.25) is 0 Å². The van der Waals surface area contributed by atoms with Crippen molar-refractivity contribution in [2.45, 2.75) is 67.1 Å². The SMILES string of the molecule is CC(C)Cc1cc(-c2[c-]cccc2)ncc1[Si](C)(C)C.[2H]C([2H])(c1ccc2c(-c3nc4ccccc4n3-c3ccc4ccccc4c3)[c-]oc2c1)C(C)(C)C.[Ir]. The Balaban J connectivity index is 0.000000217. The number of hydrogen-bond acceptors (Lipinski definition) is 3. The number of benzene rings is 5. The van der Waals surface area contributed by atoms with Crippen molar-refractivity contribution in [3.63, 3.8) is 0 Å². The maximum absolute atomic E-state index is 8.65. The summed E-state index contributed by atoms with van der Waals surface area (Å²) >= 11 is 0. The zero-order valence-corrected chi connectivity index (χ0v) is 35.8. The molecule has 0 unspecified atom stereocenters. The quantitative estimate of drug-likeness (QED) is 0.118. The number of rotatable bonds is 7. The van der Waals surface area contributed by atoms with Gasteiger partial charge in [-0.3, -0.25) is 4.98 Å². The number of nitrogens with zero attached hydrogens (tertiary/aromatic N) is 3. The summed E-state index contributed by atoms with van der Waals surface area (Å²) in [6, 6.07) is 42.0. The van der Waals surface area contributed by atoms with E-state index in [1.54, 1.807) is 6.07 Å². The molecule has 8 rings (SSSR count). The summed E-state index contributed by atoms with van der Waals surface area (Å²) in [5, 5.41) is 4.69. The molecule has 0 atom stereocenters. The summed E-state index contributed by atoms with van der Waals surface area (Å²) in [5.74, 6) is 1.41. The van der Waals surface area contributed by atoms with Crippen LogP contribution in [-0.4, -0.2) is 22.6 Å². The van der Waals surface area contributed by atoms with E-state index in [-0.39, 0.29) is 20.1 Å². The van der Waals surface area contributed by atoms with Gasteiger partial charge in [-0.25, -0.2) is 0 Å². The number of fused-ring (bicyclic) bond motifs is 3. The number of furan rings is 1. The van der Waals surface area contributed by atoms with Gasteiger partial charge < -0.3 is 14.0 Å². The third-order valence-corrected chi connectivity index (χ3v) is 11.3. The predicted molar refractivity (Wildman–Crippen MR) is 226 cm³/mol. The third-order valence-electron chi connectivity index (χ3n) is 9.22. The normalized spacial score (nSPS) is 12.7. The molecule has 0 fully saturated rings. The van der Waals surface area contributed by atoms with E-state index >= 15 is 0 Å². The van der Waals surface area contributed by atoms with Crippen LogP contribution in [0.4, 0.5) is 0 Å². The molecule has 0 aliphatic heterocycles. The molecule has 8 aromatic rings. The molecular formula is C48H49IrN3OSi-2. The first-order chi connectivity index (χ1) is 26.1. The molecule has 1 radical (unpaired) electrons. The van der Waals surface area contributed by atoms with E-state index in [9.17, 15) is 0 Å². The van der Waals surface area contributed by atoms with E-state index in [4.69, 9.17) is 12.1 Å². The van der Waals surface area contributed by atoms with Crippen molar-refractivity contribution in [3.8, 4) is 28.3 Å². The van der Waals surface area contributed by atoms with Crippen molar-refractivity contribution >= 4 is 46.0 Å². The van der Waals surface area contributed by atoms with Crippen molar-refractivity contribution in [2.24, 2.45) is 11.3 Å². The van der Waals surface area contributed by atoms with Crippen LogP contribution in [0, 0.1) is 23.7 Å². The molecule has 3 heterocycles. The van der Waals surface area contributed by atoms with Gasteiger partial charge in [0.25, 0.3) is 0 Å². The molecule has 6 heteroatoms. The van der Waals surface area contributed by atoms with Crippen molar-refractivity contribution in [3.05, 3.63) is 145 Å². The molecule has 0 aliphatic rings. The van der Waals surface area contributed by atoms with Gasteiger partial charge in [0.15, 0.2) is 0 Å². The number of para-hydroxylation sites is 2. The van der Waals surface area contributed by atoms with Crippen LogP contribution in [-0.2, 0) is 32.9 Å². The van der Waals surface area contributed by atoms with Crippen molar-refractivity contribution < 1.29 is 27.3 Å². The van der Waals surface area contributed by atoms with Gasteiger partial charge >= 0.3 is 0 Å². The standard InChI is InChI=1S/C30H25N2O.C18H24NSi.Ir/c1-30(2,3)18-20-12-15-24-25(19-33-28(24)16-20)29-31-26-10-6-7-11-27(26)32(29)23-14-13-21-8-4-5-9-22(21)17-23;1-14(2)11-16-12-17(15-9-7-6-8-10-15)19-13-18(16)20(3,4)5;/h4-17H,18H2,1-3H3;6-9,12-14H,11H2,1-5H3;/q2*-1;/i18D2;;. The maximum atomic E-state index is 8.65. The number of pyridine rings is 1. The average Bonchev–Trinajstić information content (AvgIpc) is 3.75. The molecule has 0 bridgehead atoms. The Morgan fingerprint density at radius 3 is 2.31 bits per heavy atom. The van der Waals surface area contributed by atoms with Crippen LogP contribution in [0.2, 0.25) is 19.6 Å².